The second kappa shape index (κ2) is 66.8. The first-order valence-electron chi connectivity index (χ1n) is 35.1. The van der Waals surface area contributed by atoms with Gasteiger partial charge < -0.3 is 20.3 Å². The highest BCUT2D eigenvalue weighted by Crippen LogP contribution is 2.19. The van der Waals surface area contributed by atoms with Gasteiger partial charge in [-0.1, -0.05) is 334 Å². The third-order valence-electron chi connectivity index (χ3n) is 16.5. The van der Waals surface area contributed by atoms with E-state index in [0.29, 0.717) is 25.9 Å². The maximum Gasteiger partial charge on any atom is 0.305 e. The van der Waals surface area contributed by atoms with Crippen LogP contribution in [0.1, 0.15) is 393 Å². The van der Waals surface area contributed by atoms with Crippen LogP contribution in [0.25, 0.3) is 0 Å². The smallest absolute Gasteiger partial charge is 0.305 e. The molecular weight excluding hydrogens is 947 g/mol. The Labute approximate surface area is 481 Å². The predicted molar refractivity (Wildman–Crippen MR) is 338 cm³/mol. The van der Waals surface area contributed by atoms with Gasteiger partial charge in [0.2, 0.25) is 5.91 Å². The monoisotopic (exact) mass is 1080 g/mol. The minimum atomic E-state index is -0.658. The number of aliphatic hydroxyl groups is 2. The first-order chi connectivity index (χ1) is 38.0. The number of rotatable bonds is 66. The van der Waals surface area contributed by atoms with Crippen molar-refractivity contribution in [2.45, 2.75) is 405 Å². The molecule has 0 rings (SSSR count). The number of nitrogens with one attached hydrogen (secondary N) is 1. The van der Waals surface area contributed by atoms with Gasteiger partial charge in [-0.3, -0.25) is 9.59 Å². The minimum absolute atomic E-state index is 0.0116. The number of hydrogen-bond donors (Lipinski definition) is 3. The fourth-order valence-corrected chi connectivity index (χ4v) is 11.1. The van der Waals surface area contributed by atoms with Crippen LogP contribution in [0.5, 0.6) is 0 Å². The van der Waals surface area contributed by atoms with E-state index in [9.17, 15) is 19.8 Å². The zero-order valence-electron chi connectivity index (χ0n) is 52.2. The minimum Gasteiger partial charge on any atom is -0.466 e. The van der Waals surface area contributed by atoms with E-state index >= 15 is 0 Å². The number of aliphatic hydroxyl groups excluding tert-OH is 2. The van der Waals surface area contributed by atoms with Crippen LogP contribution < -0.4 is 5.32 Å². The number of allylic oxidation sites excluding steroid dienone is 4. The highest BCUT2D eigenvalue weighted by molar-refractivity contribution is 5.76. The van der Waals surface area contributed by atoms with Gasteiger partial charge in [0.15, 0.2) is 0 Å². The van der Waals surface area contributed by atoms with E-state index in [-0.39, 0.29) is 18.5 Å². The summed E-state index contributed by atoms with van der Waals surface area (Å²) >= 11 is 0. The molecule has 0 saturated heterocycles. The molecule has 0 saturated carbocycles. The lowest BCUT2D eigenvalue weighted by molar-refractivity contribution is -0.143. The molecule has 0 aliphatic heterocycles. The van der Waals surface area contributed by atoms with Crippen LogP contribution in [0.15, 0.2) is 24.3 Å². The van der Waals surface area contributed by atoms with E-state index in [2.05, 4.69) is 43.5 Å². The molecule has 0 radical (unpaired) electrons. The van der Waals surface area contributed by atoms with Gasteiger partial charge in [-0.25, -0.2) is 0 Å². The Balaban J connectivity index is 3.29. The van der Waals surface area contributed by atoms with Crippen molar-refractivity contribution in [1.82, 2.24) is 5.32 Å². The first-order valence-corrected chi connectivity index (χ1v) is 35.1. The van der Waals surface area contributed by atoms with Gasteiger partial charge in [0.1, 0.15) is 0 Å². The Morgan fingerprint density at radius 2 is 0.623 bits per heavy atom. The van der Waals surface area contributed by atoms with E-state index in [0.717, 1.165) is 44.9 Å². The zero-order chi connectivity index (χ0) is 55.7. The topological polar surface area (TPSA) is 95.9 Å². The Morgan fingerprint density at radius 3 is 0.961 bits per heavy atom. The van der Waals surface area contributed by atoms with E-state index < -0.39 is 12.1 Å². The highest BCUT2D eigenvalue weighted by Gasteiger charge is 2.20. The summed E-state index contributed by atoms with van der Waals surface area (Å²) in [6.45, 7) is 4.93. The van der Waals surface area contributed by atoms with Crippen molar-refractivity contribution in [3.63, 3.8) is 0 Å². The van der Waals surface area contributed by atoms with Crippen LogP contribution in [0.3, 0.4) is 0 Å². The number of carbonyl (C=O) groups is 2. The maximum atomic E-state index is 12.4. The number of esters is 1. The van der Waals surface area contributed by atoms with Crippen molar-refractivity contribution in [2.75, 3.05) is 13.2 Å². The predicted octanol–water partition coefficient (Wildman–Crippen LogP) is 22.5. The number of carbonyl (C=O) groups excluding carboxylic acids is 2. The molecule has 6 heteroatoms. The second-order valence-corrected chi connectivity index (χ2v) is 24.2. The summed E-state index contributed by atoms with van der Waals surface area (Å²) in [4.78, 5) is 24.4. The number of unbranched alkanes of at least 4 members (excludes halogenated alkanes) is 51. The summed E-state index contributed by atoms with van der Waals surface area (Å²) in [5.41, 5.74) is 0. The van der Waals surface area contributed by atoms with Gasteiger partial charge in [-0.15, -0.1) is 0 Å². The van der Waals surface area contributed by atoms with Crippen LogP contribution in [0.4, 0.5) is 0 Å². The zero-order valence-corrected chi connectivity index (χ0v) is 52.2. The van der Waals surface area contributed by atoms with Crippen molar-refractivity contribution in [2.24, 2.45) is 0 Å². The van der Waals surface area contributed by atoms with Crippen LogP contribution >= 0.6 is 0 Å². The van der Waals surface area contributed by atoms with Gasteiger partial charge >= 0.3 is 5.97 Å². The normalized spacial score (nSPS) is 12.6. The molecule has 0 bridgehead atoms. The number of hydrogen-bond acceptors (Lipinski definition) is 5. The molecule has 0 aromatic heterocycles. The molecule has 77 heavy (non-hydrogen) atoms. The number of ether oxygens (including phenoxy) is 1. The SMILES string of the molecule is CCCC/C=C\CCCCCCCC(=O)OCCCCCCCCCCCCCCCCCCCC/C=C\CCCCCCCCCCCCCCCCCCCC(=O)NC(CO)C(O)CCCCCCCCCCCC. The Hall–Kier alpha value is -1.66. The molecular formula is C71H137NO5. The molecule has 0 fully saturated rings. The van der Waals surface area contributed by atoms with Crippen molar-refractivity contribution in [3.8, 4) is 0 Å². The third kappa shape index (κ3) is 63.4. The molecule has 2 atom stereocenters. The summed E-state index contributed by atoms with van der Waals surface area (Å²) < 4.78 is 5.47. The summed E-state index contributed by atoms with van der Waals surface area (Å²) in [6.07, 6.45) is 84.0. The molecule has 2 unspecified atom stereocenters. The van der Waals surface area contributed by atoms with Crippen molar-refractivity contribution in [3.05, 3.63) is 24.3 Å². The molecule has 6 nitrogen and oxygen atoms in total. The summed E-state index contributed by atoms with van der Waals surface area (Å²) in [5.74, 6) is -0.0188. The van der Waals surface area contributed by atoms with E-state index in [1.807, 2.05) is 0 Å². The van der Waals surface area contributed by atoms with E-state index in [1.165, 1.54) is 315 Å². The molecule has 0 aliphatic rings. The molecule has 0 aromatic carbocycles. The van der Waals surface area contributed by atoms with Crippen LogP contribution in [-0.4, -0.2) is 47.4 Å². The largest absolute Gasteiger partial charge is 0.466 e. The maximum absolute atomic E-state index is 12.4. The van der Waals surface area contributed by atoms with Crippen molar-refractivity contribution in [1.29, 1.82) is 0 Å². The summed E-state index contributed by atoms with van der Waals surface area (Å²) in [5, 5.41) is 23.2. The van der Waals surface area contributed by atoms with E-state index in [1.54, 1.807) is 0 Å². The standard InChI is InChI=1S/C71H137NO5/c1-3-5-7-9-11-13-44-49-53-57-61-65-71(76)77-66-62-58-54-50-46-43-41-39-37-35-33-31-29-27-25-23-21-19-17-15-16-18-20-22-24-26-28-30-32-34-36-38-40-42-45-48-52-56-60-64-70(75)72-68(67-73)69(74)63-59-55-51-47-14-12-10-8-6-4-2/h9,11,15-16,68-69,73-74H,3-8,10,12-14,17-67H2,1-2H3,(H,72,75)/b11-9-,16-15-. The van der Waals surface area contributed by atoms with Crippen LogP contribution in [0.2, 0.25) is 0 Å². The highest BCUT2D eigenvalue weighted by atomic mass is 16.5. The summed E-state index contributed by atoms with van der Waals surface area (Å²) in [6, 6.07) is -0.536. The fraction of sp³-hybridized carbons (Fsp3) is 0.915. The van der Waals surface area contributed by atoms with Gasteiger partial charge in [0.05, 0.1) is 25.4 Å². The molecule has 1 amide bonds. The summed E-state index contributed by atoms with van der Waals surface area (Å²) in [7, 11) is 0. The van der Waals surface area contributed by atoms with Crippen molar-refractivity contribution < 1.29 is 24.5 Å². The lowest BCUT2D eigenvalue weighted by Gasteiger charge is -2.22. The Morgan fingerprint density at radius 1 is 0.351 bits per heavy atom. The van der Waals surface area contributed by atoms with Gasteiger partial charge in [0, 0.05) is 12.8 Å². The van der Waals surface area contributed by atoms with E-state index in [4.69, 9.17) is 4.74 Å². The lowest BCUT2D eigenvalue weighted by atomic mass is 10.0. The average Bonchev–Trinajstić information content (AvgIpc) is 3.43. The average molecular weight is 1080 g/mol. The molecule has 0 aliphatic carbocycles. The number of amides is 1. The molecule has 456 valence electrons. The van der Waals surface area contributed by atoms with Crippen LogP contribution in [0, 0.1) is 0 Å². The van der Waals surface area contributed by atoms with Crippen molar-refractivity contribution >= 4 is 11.9 Å². The van der Waals surface area contributed by atoms with Gasteiger partial charge in [-0.2, -0.15) is 0 Å². The second-order valence-electron chi connectivity index (χ2n) is 24.2. The fourth-order valence-electron chi connectivity index (χ4n) is 11.1. The third-order valence-corrected chi connectivity index (χ3v) is 16.5. The molecule has 3 N–H and O–H groups in total. The van der Waals surface area contributed by atoms with Gasteiger partial charge in [-0.05, 0) is 70.6 Å². The van der Waals surface area contributed by atoms with Gasteiger partial charge in [0.25, 0.3) is 0 Å². The lowest BCUT2D eigenvalue weighted by Crippen LogP contribution is -2.45. The molecule has 0 aromatic rings. The first kappa shape index (κ1) is 75.3. The molecule has 0 spiro atoms. The Kier molecular flexibility index (Phi) is 65.4. The van der Waals surface area contributed by atoms with Crippen LogP contribution in [-0.2, 0) is 14.3 Å². The molecule has 0 heterocycles. The Bertz CT molecular complexity index is 1200. The quantitative estimate of drug-likeness (QED) is 0.0320.